The molecule has 19 heavy (non-hydrogen) atoms. The highest BCUT2D eigenvalue weighted by atomic mass is 19.1. The normalized spacial score (nSPS) is 11.0. The van der Waals surface area contributed by atoms with Crippen LogP contribution in [0.4, 0.5) is 10.1 Å². The molecule has 3 heteroatoms. The maximum atomic E-state index is 13.2. The molecule has 1 aromatic rings. The van der Waals surface area contributed by atoms with Crippen molar-refractivity contribution in [3.63, 3.8) is 0 Å². The van der Waals surface area contributed by atoms with Crippen LogP contribution in [-0.4, -0.2) is 26.2 Å². The van der Waals surface area contributed by atoms with Gasteiger partial charge in [0, 0.05) is 18.8 Å². The van der Waals surface area contributed by atoms with Crippen LogP contribution in [0, 0.1) is 11.7 Å². The maximum Gasteiger partial charge on any atom is 0.125 e. The van der Waals surface area contributed by atoms with Gasteiger partial charge in [-0.05, 0) is 57.0 Å². The van der Waals surface area contributed by atoms with Gasteiger partial charge in [0.2, 0.25) is 0 Å². The monoisotopic (exact) mass is 266 g/mol. The molecule has 0 atom stereocenters. The van der Waals surface area contributed by atoms with E-state index in [1.165, 1.54) is 12.5 Å². The third-order valence-corrected chi connectivity index (χ3v) is 3.14. The SMILES string of the molecule is CCN(CCCCNCC(C)C)c1cccc(F)c1. The molecule has 1 aromatic carbocycles. The minimum absolute atomic E-state index is 0.158. The number of rotatable bonds is 9. The number of hydrogen-bond donors (Lipinski definition) is 1. The Morgan fingerprint density at radius 1 is 1.26 bits per heavy atom. The summed E-state index contributed by atoms with van der Waals surface area (Å²) >= 11 is 0. The van der Waals surface area contributed by atoms with Crippen LogP contribution in [0.25, 0.3) is 0 Å². The quantitative estimate of drug-likeness (QED) is 0.686. The summed E-state index contributed by atoms with van der Waals surface area (Å²) in [4.78, 5) is 2.23. The van der Waals surface area contributed by atoms with Gasteiger partial charge in [-0.1, -0.05) is 19.9 Å². The van der Waals surface area contributed by atoms with Gasteiger partial charge in [-0.25, -0.2) is 4.39 Å². The molecule has 1 N–H and O–H groups in total. The number of nitrogens with one attached hydrogen (secondary N) is 1. The number of hydrogen-bond acceptors (Lipinski definition) is 2. The molecule has 108 valence electrons. The molecule has 0 bridgehead atoms. The fourth-order valence-corrected chi connectivity index (χ4v) is 2.09. The van der Waals surface area contributed by atoms with Gasteiger partial charge in [0.1, 0.15) is 5.82 Å². The summed E-state index contributed by atoms with van der Waals surface area (Å²) in [6, 6.07) is 6.86. The molecule has 2 nitrogen and oxygen atoms in total. The molecule has 0 radical (unpaired) electrons. The summed E-state index contributed by atoms with van der Waals surface area (Å²) in [7, 11) is 0. The van der Waals surface area contributed by atoms with E-state index in [9.17, 15) is 4.39 Å². The number of anilines is 1. The number of unbranched alkanes of at least 4 members (excludes halogenated alkanes) is 1. The number of benzene rings is 1. The van der Waals surface area contributed by atoms with Crippen molar-refractivity contribution in [2.75, 3.05) is 31.1 Å². The van der Waals surface area contributed by atoms with E-state index in [-0.39, 0.29) is 5.82 Å². The van der Waals surface area contributed by atoms with Gasteiger partial charge in [0.15, 0.2) is 0 Å². The lowest BCUT2D eigenvalue weighted by Crippen LogP contribution is -2.26. The summed E-state index contributed by atoms with van der Waals surface area (Å²) in [5.74, 6) is 0.550. The second kappa shape index (κ2) is 8.92. The van der Waals surface area contributed by atoms with E-state index in [1.807, 2.05) is 6.07 Å². The second-order valence-electron chi connectivity index (χ2n) is 5.36. The fourth-order valence-electron chi connectivity index (χ4n) is 2.09. The molecule has 1 rings (SSSR count). The number of nitrogens with zero attached hydrogens (tertiary/aromatic N) is 1. The number of halogens is 1. The second-order valence-corrected chi connectivity index (χ2v) is 5.36. The van der Waals surface area contributed by atoms with E-state index in [0.29, 0.717) is 5.92 Å². The maximum absolute atomic E-state index is 13.2. The standard InChI is InChI=1S/C16H27FN2/c1-4-19(16-9-7-8-15(17)12-16)11-6-5-10-18-13-14(2)3/h7-9,12,14,18H,4-6,10-11,13H2,1-3H3. The Morgan fingerprint density at radius 2 is 2.05 bits per heavy atom. The third-order valence-electron chi connectivity index (χ3n) is 3.14. The first-order chi connectivity index (χ1) is 9.13. The molecule has 0 saturated carbocycles. The van der Waals surface area contributed by atoms with E-state index >= 15 is 0 Å². The Bertz CT molecular complexity index is 352. The minimum Gasteiger partial charge on any atom is -0.372 e. The lowest BCUT2D eigenvalue weighted by Gasteiger charge is -2.23. The Labute approximate surface area is 117 Å². The Kier molecular flexibility index (Phi) is 7.49. The Balaban J connectivity index is 2.26. The van der Waals surface area contributed by atoms with Gasteiger partial charge in [-0.15, -0.1) is 0 Å². The summed E-state index contributed by atoms with van der Waals surface area (Å²) < 4.78 is 13.2. The molecule has 0 aromatic heterocycles. The molecule has 0 fully saturated rings. The lowest BCUT2D eigenvalue weighted by molar-refractivity contribution is 0.534. The van der Waals surface area contributed by atoms with Gasteiger partial charge >= 0.3 is 0 Å². The Hall–Kier alpha value is -1.09. The molecular weight excluding hydrogens is 239 g/mol. The van der Waals surface area contributed by atoms with Gasteiger partial charge < -0.3 is 10.2 Å². The van der Waals surface area contributed by atoms with Gasteiger partial charge in [0.05, 0.1) is 0 Å². The molecule has 0 heterocycles. The predicted molar refractivity (Wildman–Crippen MR) is 81.2 cm³/mol. The van der Waals surface area contributed by atoms with E-state index in [1.54, 1.807) is 12.1 Å². The first-order valence-electron chi connectivity index (χ1n) is 7.34. The average Bonchev–Trinajstić information content (AvgIpc) is 2.37. The highest BCUT2D eigenvalue weighted by Gasteiger charge is 2.04. The summed E-state index contributed by atoms with van der Waals surface area (Å²) in [5, 5.41) is 3.45. The smallest absolute Gasteiger partial charge is 0.125 e. The first-order valence-corrected chi connectivity index (χ1v) is 7.34. The molecule has 0 aliphatic carbocycles. The van der Waals surface area contributed by atoms with Gasteiger partial charge in [0.25, 0.3) is 0 Å². The van der Waals surface area contributed by atoms with E-state index < -0.39 is 0 Å². The van der Waals surface area contributed by atoms with Crippen LogP contribution in [0.1, 0.15) is 33.6 Å². The molecular formula is C16H27FN2. The van der Waals surface area contributed by atoms with Crippen molar-refractivity contribution >= 4 is 5.69 Å². The van der Waals surface area contributed by atoms with Gasteiger partial charge in [-0.2, -0.15) is 0 Å². The zero-order valence-corrected chi connectivity index (χ0v) is 12.5. The average molecular weight is 266 g/mol. The van der Waals surface area contributed by atoms with E-state index in [4.69, 9.17) is 0 Å². The summed E-state index contributed by atoms with van der Waals surface area (Å²) in [6.45, 7) is 10.6. The largest absolute Gasteiger partial charge is 0.372 e. The third kappa shape index (κ3) is 6.58. The minimum atomic E-state index is -0.158. The summed E-state index contributed by atoms with van der Waals surface area (Å²) in [6.07, 6.45) is 2.30. The van der Waals surface area contributed by atoms with Crippen LogP contribution in [-0.2, 0) is 0 Å². The molecule has 0 aliphatic heterocycles. The molecule has 0 spiro atoms. The van der Waals surface area contributed by atoms with Crippen molar-refractivity contribution in [3.05, 3.63) is 30.1 Å². The van der Waals surface area contributed by atoms with Crippen LogP contribution in [0.2, 0.25) is 0 Å². The molecule has 0 unspecified atom stereocenters. The van der Waals surface area contributed by atoms with Gasteiger partial charge in [-0.3, -0.25) is 0 Å². The van der Waals surface area contributed by atoms with E-state index in [0.717, 1.165) is 38.3 Å². The van der Waals surface area contributed by atoms with Crippen molar-refractivity contribution in [1.29, 1.82) is 0 Å². The van der Waals surface area contributed by atoms with Crippen LogP contribution in [0.5, 0.6) is 0 Å². The van der Waals surface area contributed by atoms with Crippen molar-refractivity contribution in [2.24, 2.45) is 5.92 Å². The van der Waals surface area contributed by atoms with Crippen LogP contribution < -0.4 is 10.2 Å². The van der Waals surface area contributed by atoms with E-state index in [2.05, 4.69) is 31.0 Å². The van der Waals surface area contributed by atoms with Crippen molar-refractivity contribution in [3.8, 4) is 0 Å². The van der Waals surface area contributed by atoms with Crippen molar-refractivity contribution in [1.82, 2.24) is 5.32 Å². The predicted octanol–water partition coefficient (Wildman–Crippen LogP) is 3.68. The van der Waals surface area contributed by atoms with Crippen LogP contribution in [0.3, 0.4) is 0 Å². The fraction of sp³-hybridized carbons (Fsp3) is 0.625. The zero-order chi connectivity index (χ0) is 14.1. The van der Waals surface area contributed by atoms with Crippen molar-refractivity contribution in [2.45, 2.75) is 33.6 Å². The highest BCUT2D eigenvalue weighted by molar-refractivity contribution is 5.46. The first kappa shape index (κ1) is 16.0. The lowest BCUT2D eigenvalue weighted by atomic mass is 10.2. The summed E-state index contributed by atoms with van der Waals surface area (Å²) in [5.41, 5.74) is 0.984. The van der Waals surface area contributed by atoms with Crippen LogP contribution >= 0.6 is 0 Å². The highest BCUT2D eigenvalue weighted by Crippen LogP contribution is 2.15. The zero-order valence-electron chi connectivity index (χ0n) is 12.5. The molecule has 0 amide bonds. The van der Waals surface area contributed by atoms with Crippen LogP contribution in [0.15, 0.2) is 24.3 Å². The molecule has 0 aliphatic rings. The molecule has 0 saturated heterocycles. The topological polar surface area (TPSA) is 15.3 Å². The van der Waals surface area contributed by atoms with Crippen molar-refractivity contribution < 1.29 is 4.39 Å². The Morgan fingerprint density at radius 3 is 2.68 bits per heavy atom.